The van der Waals surface area contributed by atoms with Gasteiger partial charge in [-0.1, -0.05) is 31.5 Å². The third kappa shape index (κ3) is 4.92. The summed E-state index contributed by atoms with van der Waals surface area (Å²) in [6.07, 6.45) is -2.51. The third-order valence-electron chi connectivity index (χ3n) is 3.88. The Morgan fingerprint density at radius 2 is 2.05 bits per heavy atom. The summed E-state index contributed by atoms with van der Waals surface area (Å²) in [5.41, 5.74) is 2.24. The molecule has 0 spiro atoms. The molecule has 0 aliphatic carbocycles. The monoisotopic (exact) mass is 300 g/mol. The fourth-order valence-corrected chi connectivity index (χ4v) is 2.88. The number of para-hydroxylation sites is 1. The van der Waals surface area contributed by atoms with Crippen molar-refractivity contribution in [3.05, 3.63) is 29.8 Å². The lowest BCUT2D eigenvalue weighted by molar-refractivity contribution is -0.135. The molecule has 1 atom stereocenters. The van der Waals surface area contributed by atoms with Crippen LogP contribution in [0.25, 0.3) is 0 Å². The molecule has 0 fully saturated rings. The number of hydrogen-bond acceptors (Lipinski definition) is 2. The molecule has 0 amide bonds. The number of hydrogen-bond donors (Lipinski definition) is 1. The summed E-state index contributed by atoms with van der Waals surface area (Å²) >= 11 is 0. The van der Waals surface area contributed by atoms with Gasteiger partial charge in [0.2, 0.25) is 0 Å². The average molecular weight is 300 g/mol. The van der Waals surface area contributed by atoms with E-state index >= 15 is 0 Å². The number of alkyl halides is 3. The summed E-state index contributed by atoms with van der Waals surface area (Å²) in [7, 11) is 0. The first kappa shape index (κ1) is 16.1. The lowest BCUT2D eigenvalue weighted by Crippen LogP contribution is -2.38. The Morgan fingerprint density at radius 1 is 1.29 bits per heavy atom. The van der Waals surface area contributed by atoms with Crippen molar-refractivity contribution in [2.45, 2.75) is 51.4 Å². The summed E-state index contributed by atoms with van der Waals surface area (Å²) in [5, 5.41) is 3.51. The van der Waals surface area contributed by atoms with E-state index in [0.29, 0.717) is 12.6 Å². The quantitative estimate of drug-likeness (QED) is 0.880. The van der Waals surface area contributed by atoms with Gasteiger partial charge in [0.05, 0.1) is 0 Å². The molecule has 0 bridgehead atoms. The van der Waals surface area contributed by atoms with Crippen molar-refractivity contribution in [3.8, 4) is 0 Å². The molecule has 1 aromatic rings. The number of nitrogens with one attached hydrogen (secondary N) is 1. The van der Waals surface area contributed by atoms with Crippen molar-refractivity contribution in [2.24, 2.45) is 0 Å². The maximum atomic E-state index is 12.4. The first-order valence-electron chi connectivity index (χ1n) is 7.62. The topological polar surface area (TPSA) is 15.3 Å². The van der Waals surface area contributed by atoms with Crippen LogP contribution >= 0.6 is 0 Å². The van der Waals surface area contributed by atoms with Crippen LogP contribution in [0.2, 0.25) is 0 Å². The molecular formula is C16H23F3N2. The highest BCUT2D eigenvalue weighted by Crippen LogP contribution is 2.26. The largest absolute Gasteiger partial charge is 0.389 e. The van der Waals surface area contributed by atoms with Crippen LogP contribution in [-0.2, 0) is 6.54 Å². The Kier molecular flexibility index (Phi) is 5.51. The molecule has 0 radical (unpaired) electrons. The molecule has 21 heavy (non-hydrogen) atoms. The van der Waals surface area contributed by atoms with Gasteiger partial charge in [0.25, 0.3) is 0 Å². The van der Waals surface area contributed by atoms with Crippen LogP contribution in [-0.4, -0.2) is 25.3 Å². The standard InChI is InChI=1S/C16H23F3N2/c1-2-6-14-12-21(10-5-9-16(17,18)19)15-8-4-3-7-13(15)11-20-14/h3-4,7-8,14,20H,2,5-6,9-12H2,1H3. The molecular weight excluding hydrogens is 277 g/mol. The third-order valence-corrected chi connectivity index (χ3v) is 3.88. The first-order valence-corrected chi connectivity index (χ1v) is 7.62. The van der Waals surface area contributed by atoms with Crippen molar-refractivity contribution < 1.29 is 13.2 Å². The maximum Gasteiger partial charge on any atom is 0.389 e. The van der Waals surface area contributed by atoms with E-state index in [1.165, 1.54) is 5.56 Å². The van der Waals surface area contributed by atoms with Gasteiger partial charge in [-0.2, -0.15) is 13.2 Å². The molecule has 1 heterocycles. The van der Waals surface area contributed by atoms with Crippen molar-refractivity contribution in [1.82, 2.24) is 5.32 Å². The summed E-state index contributed by atoms with van der Waals surface area (Å²) in [6.45, 7) is 4.16. The Labute approximate surface area is 124 Å². The second-order valence-corrected chi connectivity index (χ2v) is 5.66. The van der Waals surface area contributed by atoms with Crippen LogP contribution in [0.5, 0.6) is 0 Å². The average Bonchev–Trinajstić information content (AvgIpc) is 2.59. The highest BCUT2D eigenvalue weighted by Gasteiger charge is 2.27. The SMILES string of the molecule is CCCC1CN(CCCC(F)(F)F)c2ccccc2CN1. The zero-order chi connectivity index (χ0) is 15.3. The molecule has 1 aliphatic rings. The molecule has 0 saturated carbocycles. The predicted octanol–water partition coefficient (Wildman–Crippen LogP) is 4.11. The van der Waals surface area contributed by atoms with E-state index < -0.39 is 12.6 Å². The van der Waals surface area contributed by atoms with E-state index in [1.54, 1.807) is 0 Å². The van der Waals surface area contributed by atoms with Crippen LogP contribution in [0.4, 0.5) is 18.9 Å². The highest BCUT2D eigenvalue weighted by molar-refractivity contribution is 5.54. The van der Waals surface area contributed by atoms with Gasteiger partial charge in [-0.05, 0) is 24.5 Å². The molecule has 2 rings (SSSR count). The van der Waals surface area contributed by atoms with E-state index in [2.05, 4.69) is 17.1 Å². The molecule has 1 aromatic carbocycles. The predicted molar refractivity (Wildman–Crippen MR) is 79.5 cm³/mol. The lowest BCUT2D eigenvalue weighted by atomic mass is 10.1. The van der Waals surface area contributed by atoms with Crippen LogP contribution in [0, 0.1) is 0 Å². The zero-order valence-corrected chi connectivity index (χ0v) is 12.4. The van der Waals surface area contributed by atoms with Crippen LogP contribution in [0.3, 0.4) is 0 Å². The normalized spacial score (nSPS) is 19.2. The van der Waals surface area contributed by atoms with Crippen LogP contribution in [0.15, 0.2) is 24.3 Å². The van der Waals surface area contributed by atoms with Gasteiger partial charge in [0, 0.05) is 37.8 Å². The van der Waals surface area contributed by atoms with Crippen molar-refractivity contribution in [2.75, 3.05) is 18.0 Å². The van der Waals surface area contributed by atoms with Crippen molar-refractivity contribution in [3.63, 3.8) is 0 Å². The van der Waals surface area contributed by atoms with E-state index in [4.69, 9.17) is 0 Å². The molecule has 1 N–H and O–H groups in total. The first-order chi connectivity index (χ1) is 9.99. The van der Waals surface area contributed by atoms with Gasteiger partial charge in [0.15, 0.2) is 0 Å². The molecule has 1 unspecified atom stereocenters. The summed E-state index contributed by atoms with van der Waals surface area (Å²) in [6, 6.07) is 8.34. The van der Waals surface area contributed by atoms with Crippen LogP contribution < -0.4 is 10.2 Å². The second-order valence-electron chi connectivity index (χ2n) is 5.66. The van der Waals surface area contributed by atoms with Gasteiger partial charge in [-0.15, -0.1) is 0 Å². The van der Waals surface area contributed by atoms with E-state index in [0.717, 1.165) is 31.6 Å². The van der Waals surface area contributed by atoms with E-state index in [1.807, 2.05) is 24.3 Å². The van der Waals surface area contributed by atoms with Gasteiger partial charge in [-0.3, -0.25) is 0 Å². The minimum Gasteiger partial charge on any atom is -0.370 e. The Balaban J connectivity index is 2.06. The van der Waals surface area contributed by atoms with Gasteiger partial charge < -0.3 is 10.2 Å². The number of benzene rings is 1. The van der Waals surface area contributed by atoms with E-state index in [9.17, 15) is 13.2 Å². The Bertz CT molecular complexity index is 445. The van der Waals surface area contributed by atoms with Gasteiger partial charge in [-0.25, -0.2) is 0 Å². The minimum atomic E-state index is -4.06. The number of fused-ring (bicyclic) bond motifs is 1. The fraction of sp³-hybridized carbons (Fsp3) is 0.625. The number of anilines is 1. The summed E-state index contributed by atoms with van der Waals surface area (Å²) in [5.74, 6) is 0. The number of nitrogens with zero attached hydrogens (tertiary/aromatic N) is 1. The summed E-state index contributed by atoms with van der Waals surface area (Å²) in [4.78, 5) is 2.11. The van der Waals surface area contributed by atoms with Gasteiger partial charge >= 0.3 is 6.18 Å². The molecule has 1 aliphatic heterocycles. The Morgan fingerprint density at radius 3 is 2.76 bits per heavy atom. The van der Waals surface area contributed by atoms with Crippen molar-refractivity contribution >= 4 is 5.69 Å². The summed E-state index contributed by atoms with van der Waals surface area (Å²) < 4.78 is 37.1. The number of halogens is 3. The minimum absolute atomic E-state index is 0.149. The molecule has 2 nitrogen and oxygen atoms in total. The molecule has 118 valence electrons. The fourth-order valence-electron chi connectivity index (χ4n) is 2.88. The van der Waals surface area contributed by atoms with Gasteiger partial charge in [0.1, 0.15) is 0 Å². The molecule has 0 saturated heterocycles. The van der Waals surface area contributed by atoms with E-state index in [-0.39, 0.29) is 6.42 Å². The van der Waals surface area contributed by atoms with Crippen LogP contribution in [0.1, 0.15) is 38.2 Å². The molecule has 5 heteroatoms. The lowest BCUT2D eigenvalue weighted by Gasteiger charge is -2.28. The Hall–Kier alpha value is -1.23. The smallest absolute Gasteiger partial charge is 0.370 e. The molecule has 0 aromatic heterocycles. The zero-order valence-electron chi connectivity index (χ0n) is 12.4. The maximum absolute atomic E-state index is 12.4. The second kappa shape index (κ2) is 7.16. The van der Waals surface area contributed by atoms with Crippen molar-refractivity contribution in [1.29, 1.82) is 0 Å². The number of rotatable bonds is 5. The highest BCUT2D eigenvalue weighted by atomic mass is 19.4.